The normalized spacial score (nSPS) is 15.5. The van der Waals surface area contributed by atoms with Gasteiger partial charge in [-0.25, -0.2) is 0 Å². The average Bonchev–Trinajstić information content (AvgIpc) is 3.11. The van der Waals surface area contributed by atoms with Crippen molar-refractivity contribution in [2.24, 2.45) is 5.73 Å². The Hall–Kier alpha value is -3.43. The number of aromatic amines is 1. The van der Waals surface area contributed by atoms with E-state index in [9.17, 15) is 5.26 Å². The highest BCUT2D eigenvalue weighted by Crippen LogP contribution is 2.47. The number of nitrogens with zero attached hydrogens (tertiary/aromatic N) is 2. The smallest absolute Gasteiger partial charge is 0.244 e. The Balaban J connectivity index is 1.93. The van der Waals surface area contributed by atoms with Crippen LogP contribution >= 0.6 is 11.6 Å². The summed E-state index contributed by atoms with van der Waals surface area (Å²) >= 11 is 6.46. The third-order valence-corrected chi connectivity index (χ3v) is 4.93. The third kappa shape index (κ3) is 2.96. The number of allylic oxidation sites excluding steroid dienone is 1. The zero-order valence-corrected chi connectivity index (χ0v) is 15.8. The molecule has 140 valence electrons. The van der Waals surface area contributed by atoms with Crippen molar-refractivity contribution in [1.82, 2.24) is 10.2 Å². The molecule has 6 nitrogen and oxygen atoms in total. The number of hydrogen-bond donors (Lipinski definition) is 2. The molecule has 1 aliphatic rings. The van der Waals surface area contributed by atoms with Gasteiger partial charge in [0.2, 0.25) is 11.8 Å². The number of nitriles is 1. The molecule has 3 aromatic rings. The Morgan fingerprint density at radius 3 is 2.86 bits per heavy atom. The molecule has 0 saturated heterocycles. The van der Waals surface area contributed by atoms with E-state index in [2.05, 4.69) is 16.3 Å². The lowest BCUT2D eigenvalue weighted by molar-refractivity contribution is 0.340. The summed E-state index contributed by atoms with van der Waals surface area (Å²) in [5.41, 5.74) is 9.37. The number of H-pyrrole nitrogens is 1. The van der Waals surface area contributed by atoms with Crippen LogP contribution in [0.2, 0.25) is 5.02 Å². The lowest BCUT2D eigenvalue weighted by atomic mass is 9.83. The van der Waals surface area contributed by atoms with E-state index in [4.69, 9.17) is 26.8 Å². The number of fused-ring (bicyclic) bond motifs is 1. The largest absolute Gasteiger partial charge is 0.494 e. The van der Waals surface area contributed by atoms with Crippen LogP contribution in [0.15, 0.2) is 60.0 Å². The molecule has 2 heterocycles. The van der Waals surface area contributed by atoms with Crippen molar-refractivity contribution in [2.45, 2.75) is 12.8 Å². The van der Waals surface area contributed by atoms with Crippen molar-refractivity contribution in [3.05, 3.63) is 76.1 Å². The highest BCUT2D eigenvalue weighted by Gasteiger charge is 2.36. The van der Waals surface area contributed by atoms with Gasteiger partial charge in [-0.2, -0.15) is 5.26 Å². The van der Waals surface area contributed by atoms with Gasteiger partial charge in [-0.3, -0.25) is 5.10 Å². The van der Waals surface area contributed by atoms with Crippen LogP contribution in [0, 0.1) is 11.3 Å². The number of benzene rings is 2. The fraction of sp³-hybridized carbons (Fsp3) is 0.143. The Morgan fingerprint density at radius 1 is 1.29 bits per heavy atom. The molecule has 4 rings (SSSR count). The van der Waals surface area contributed by atoms with Gasteiger partial charge in [0, 0.05) is 10.6 Å². The molecule has 0 saturated carbocycles. The maximum absolute atomic E-state index is 9.76. The van der Waals surface area contributed by atoms with Crippen molar-refractivity contribution in [2.75, 3.05) is 6.61 Å². The second-order valence-corrected chi connectivity index (χ2v) is 6.63. The van der Waals surface area contributed by atoms with Crippen molar-refractivity contribution >= 4 is 11.6 Å². The molecule has 0 fully saturated rings. The average molecular weight is 393 g/mol. The van der Waals surface area contributed by atoms with Crippen LogP contribution in [-0.4, -0.2) is 16.8 Å². The zero-order valence-electron chi connectivity index (χ0n) is 15.1. The second kappa shape index (κ2) is 7.29. The maximum atomic E-state index is 9.76. The molecule has 7 heteroatoms. The predicted octanol–water partition coefficient (Wildman–Crippen LogP) is 4.35. The number of rotatable bonds is 4. The second-order valence-electron chi connectivity index (χ2n) is 6.22. The van der Waals surface area contributed by atoms with Crippen molar-refractivity contribution < 1.29 is 9.47 Å². The van der Waals surface area contributed by atoms with Crippen LogP contribution in [0.1, 0.15) is 24.0 Å². The first-order chi connectivity index (χ1) is 13.6. The van der Waals surface area contributed by atoms with Crippen molar-refractivity contribution in [1.29, 1.82) is 5.26 Å². The van der Waals surface area contributed by atoms with E-state index >= 15 is 0 Å². The minimum atomic E-state index is -0.494. The van der Waals surface area contributed by atoms with Crippen LogP contribution < -0.4 is 15.2 Å². The number of nitrogens with two attached hydrogens (primary N) is 1. The highest BCUT2D eigenvalue weighted by molar-refractivity contribution is 6.31. The number of nitrogens with one attached hydrogen (secondary N) is 1. The lowest BCUT2D eigenvalue weighted by Gasteiger charge is -2.24. The number of halogens is 1. The molecule has 0 aliphatic carbocycles. The molecular weight excluding hydrogens is 376 g/mol. The first-order valence-corrected chi connectivity index (χ1v) is 9.15. The third-order valence-electron chi connectivity index (χ3n) is 4.59. The standard InChI is InChI=1S/C21H17ClN4O2/c1-2-27-13-7-5-6-12(10-13)19-18-17(14-8-3-4-9-16(14)22)15(11-23)20(24)28-21(18)26-25-19/h3-10,17H,2,24H2,1H3,(H,25,26). The van der Waals surface area contributed by atoms with E-state index in [1.165, 1.54) is 0 Å². The summed E-state index contributed by atoms with van der Waals surface area (Å²) in [5.74, 6) is 0.608. The summed E-state index contributed by atoms with van der Waals surface area (Å²) in [6.45, 7) is 2.49. The molecule has 1 aromatic heterocycles. The molecule has 0 radical (unpaired) electrons. The van der Waals surface area contributed by atoms with Gasteiger partial charge in [-0.1, -0.05) is 41.9 Å². The summed E-state index contributed by atoms with van der Waals surface area (Å²) in [6.07, 6.45) is 0. The minimum Gasteiger partial charge on any atom is -0.494 e. The maximum Gasteiger partial charge on any atom is 0.244 e. The highest BCUT2D eigenvalue weighted by atomic mass is 35.5. The van der Waals surface area contributed by atoms with Crippen LogP contribution in [0.3, 0.4) is 0 Å². The topological polar surface area (TPSA) is 97.0 Å². The SMILES string of the molecule is CCOc1cccc(-c2[nH]nc3c2C(c2ccccc2Cl)C(C#N)=C(N)O3)c1. The monoisotopic (exact) mass is 392 g/mol. The molecule has 0 bridgehead atoms. The van der Waals surface area contributed by atoms with Crippen LogP contribution in [0.25, 0.3) is 11.3 Å². The van der Waals surface area contributed by atoms with Gasteiger partial charge in [0.25, 0.3) is 0 Å². The van der Waals surface area contributed by atoms with Gasteiger partial charge in [0.05, 0.1) is 23.8 Å². The van der Waals surface area contributed by atoms with Crippen LogP contribution in [0.5, 0.6) is 11.6 Å². The van der Waals surface area contributed by atoms with Gasteiger partial charge < -0.3 is 15.2 Å². The van der Waals surface area contributed by atoms with Gasteiger partial charge >= 0.3 is 0 Å². The summed E-state index contributed by atoms with van der Waals surface area (Å²) in [5, 5.41) is 17.6. The van der Waals surface area contributed by atoms with Crippen molar-refractivity contribution in [3.8, 4) is 29.0 Å². The number of ether oxygens (including phenoxy) is 2. The van der Waals surface area contributed by atoms with Gasteiger partial charge in [0.15, 0.2) is 0 Å². The number of aromatic nitrogens is 2. The Bertz CT molecular complexity index is 1110. The summed E-state index contributed by atoms with van der Waals surface area (Å²) in [4.78, 5) is 0. The first kappa shape index (κ1) is 18.0. The van der Waals surface area contributed by atoms with E-state index in [1.807, 2.05) is 49.4 Å². The van der Waals surface area contributed by atoms with E-state index < -0.39 is 5.92 Å². The Morgan fingerprint density at radius 2 is 2.11 bits per heavy atom. The molecule has 2 aromatic carbocycles. The zero-order chi connectivity index (χ0) is 19.7. The molecule has 0 amide bonds. The Kier molecular flexibility index (Phi) is 4.68. The van der Waals surface area contributed by atoms with Gasteiger partial charge in [-0.15, -0.1) is 5.10 Å². The van der Waals surface area contributed by atoms with Gasteiger partial charge in [0.1, 0.15) is 17.4 Å². The fourth-order valence-corrected chi connectivity index (χ4v) is 3.64. The first-order valence-electron chi connectivity index (χ1n) is 8.77. The van der Waals surface area contributed by atoms with E-state index in [0.29, 0.717) is 28.6 Å². The summed E-state index contributed by atoms with van der Waals surface area (Å²) < 4.78 is 11.2. The van der Waals surface area contributed by atoms with E-state index in [0.717, 1.165) is 22.6 Å². The van der Waals surface area contributed by atoms with Crippen LogP contribution in [-0.2, 0) is 0 Å². The lowest BCUT2D eigenvalue weighted by Crippen LogP contribution is -2.21. The molecule has 3 N–H and O–H groups in total. The summed E-state index contributed by atoms with van der Waals surface area (Å²) in [7, 11) is 0. The Labute approximate surface area is 167 Å². The van der Waals surface area contributed by atoms with Gasteiger partial charge in [-0.05, 0) is 30.7 Å². The van der Waals surface area contributed by atoms with Crippen molar-refractivity contribution in [3.63, 3.8) is 0 Å². The molecular formula is C21H17ClN4O2. The predicted molar refractivity (Wildman–Crippen MR) is 106 cm³/mol. The molecule has 1 atom stereocenters. The molecule has 0 spiro atoms. The fourth-order valence-electron chi connectivity index (χ4n) is 3.39. The minimum absolute atomic E-state index is 0.0287. The van der Waals surface area contributed by atoms with E-state index in [1.54, 1.807) is 6.07 Å². The van der Waals surface area contributed by atoms with Crippen LogP contribution in [0.4, 0.5) is 0 Å². The molecule has 1 aliphatic heterocycles. The quantitative estimate of drug-likeness (QED) is 0.688. The summed E-state index contributed by atoms with van der Waals surface area (Å²) in [6, 6.07) is 17.2. The number of hydrogen-bond acceptors (Lipinski definition) is 5. The molecule has 28 heavy (non-hydrogen) atoms. The molecule has 1 unspecified atom stereocenters. The van der Waals surface area contributed by atoms with E-state index in [-0.39, 0.29) is 5.88 Å².